The van der Waals surface area contributed by atoms with Gasteiger partial charge in [0.25, 0.3) is 0 Å². The van der Waals surface area contributed by atoms with E-state index in [4.69, 9.17) is 0 Å². The summed E-state index contributed by atoms with van der Waals surface area (Å²) in [4.78, 5) is 0. The van der Waals surface area contributed by atoms with Crippen molar-refractivity contribution in [2.24, 2.45) is 17.3 Å². The van der Waals surface area contributed by atoms with Crippen molar-refractivity contribution in [1.29, 1.82) is 0 Å². The molecule has 0 aliphatic heterocycles. The number of rotatable bonds is 9. The molecule has 0 saturated heterocycles. The predicted molar refractivity (Wildman–Crippen MR) is 91.0 cm³/mol. The maximum Gasteiger partial charge on any atom is 0.0103 e. The van der Waals surface area contributed by atoms with Crippen LogP contribution in [-0.2, 0) is 0 Å². The maximum absolute atomic E-state index is 3.81. The Morgan fingerprint density at radius 2 is 1.95 bits per heavy atom. The van der Waals surface area contributed by atoms with E-state index in [-0.39, 0.29) is 0 Å². The molecule has 1 saturated carbocycles. The van der Waals surface area contributed by atoms with Crippen molar-refractivity contribution in [3.05, 3.63) is 12.7 Å². The van der Waals surface area contributed by atoms with Gasteiger partial charge in [-0.3, -0.25) is 0 Å². The van der Waals surface area contributed by atoms with Crippen LogP contribution < -0.4 is 5.32 Å². The standard InChI is InChI=1S/C19H37N/c1-6-8-9-10-11-14-19(4,5)17-13-12-16(3)15-18(17)20-7-2/h6,16-18,20H,1,7-15H2,2-5H3. The van der Waals surface area contributed by atoms with Gasteiger partial charge in [-0.15, -0.1) is 6.58 Å². The third kappa shape index (κ3) is 5.60. The van der Waals surface area contributed by atoms with E-state index in [1.807, 2.05) is 0 Å². The molecule has 118 valence electrons. The summed E-state index contributed by atoms with van der Waals surface area (Å²) >= 11 is 0. The van der Waals surface area contributed by atoms with Crippen LogP contribution in [0, 0.1) is 17.3 Å². The minimum Gasteiger partial charge on any atom is -0.314 e. The first-order valence-corrected chi connectivity index (χ1v) is 8.85. The van der Waals surface area contributed by atoms with E-state index in [1.165, 1.54) is 51.4 Å². The van der Waals surface area contributed by atoms with E-state index >= 15 is 0 Å². The summed E-state index contributed by atoms with van der Waals surface area (Å²) in [6, 6.07) is 0.743. The molecule has 1 heteroatoms. The van der Waals surface area contributed by atoms with Crippen molar-refractivity contribution in [3.63, 3.8) is 0 Å². The monoisotopic (exact) mass is 279 g/mol. The molecule has 1 aliphatic carbocycles. The van der Waals surface area contributed by atoms with E-state index in [0.29, 0.717) is 5.41 Å². The Morgan fingerprint density at radius 3 is 2.60 bits per heavy atom. The molecule has 0 spiro atoms. The minimum atomic E-state index is 0.487. The van der Waals surface area contributed by atoms with Crippen LogP contribution in [0.25, 0.3) is 0 Å². The average Bonchev–Trinajstić information content (AvgIpc) is 2.38. The van der Waals surface area contributed by atoms with E-state index in [9.17, 15) is 0 Å². The molecule has 20 heavy (non-hydrogen) atoms. The number of hydrogen-bond acceptors (Lipinski definition) is 1. The highest BCUT2D eigenvalue weighted by molar-refractivity contribution is 4.91. The highest BCUT2D eigenvalue weighted by Gasteiger charge is 2.37. The Kier molecular flexibility index (Phi) is 7.87. The Balaban J connectivity index is 2.47. The van der Waals surface area contributed by atoms with Gasteiger partial charge in [-0.2, -0.15) is 0 Å². The second-order valence-corrected chi connectivity index (χ2v) is 7.57. The van der Waals surface area contributed by atoms with Crippen LogP contribution in [0.4, 0.5) is 0 Å². The Labute approximate surface area is 127 Å². The van der Waals surface area contributed by atoms with Gasteiger partial charge >= 0.3 is 0 Å². The van der Waals surface area contributed by atoms with Crippen LogP contribution in [0.1, 0.15) is 79.1 Å². The Morgan fingerprint density at radius 1 is 1.20 bits per heavy atom. The molecule has 0 radical (unpaired) electrons. The van der Waals surface area contributed by atoms with Crippen molar-refractivity contribution >= 4 is 0 Å². The summed E-state index contributed by atoms with van der Waals surface area (Å²) in [6.45, 7) is 14.6. The van der Waals surface area contributed by atoms with Gasteiger partial charge in [0.1, 0.15) is 0 Å². The van der Waals surface area contributed by atoms with Gasteiger partial charge < -0.3 is 5.32 Å². The zero-order valence-corrected chi connectivity index (χ0v) is 14.4. The Hall–Kier alpha value is -0.300. The quantitative estimate of drug-likeness (QED) is 0.430. The summed E-state index contributed by atoms with van der Waals surface area (Å²) in [5, 5.41) is 3.77. The van der Waals surface area contributed by atoms with Gasteiger partial charge in [-0.05, 0) is 55.9 Å². The largest absolute Gasteiger partial charge is 0.314 e. The van der Waals surface area contributed by atoms with Gasteiger partial charge in [0.05, 0.1) is 0 Å². The summed E-state index contributed by atoms with van der Waals surface area (Å²) in [6.07, 6.45) is 12.9. The second-order valence-electron chi connectivity index (χ2n) is 7.57. The van der Waals surface area contributed by atoms with E-state index < -0.39 is 0 Å². The van der Waals surface area contributed by atoms with Crippen molar-refractivity contribution in [3.8, 4) is 0 Å². The molecule has 1 fully saturated rings. The highest BCUT2D eigenvalue weighted by atomic mass is 14.9. The molecule has 0 bridgehead atoms. The van der Waals surface area contributed by atoms with Crippen molar-refractivity contribution in [1.82, 2.24) is 5.32 Å². The van der Waals surface area contributed by atoms with Crippen LogP contribution in [0.15, 0.2) is 12.7 Å². The van der Waals surface area contributed by atoms with E-state index in [0.717, 1.165) is 24.4 Å². The number of hydrogen-bond donors (Lipinski definition) is 1. The highest BCUT2D eigenvalue weighted by Crippen LogP contribution is 2.43. The lowest BCUT2D eigenvalue weighted by molar-refractivity contribution is 0.0851. The molecule has 3 atom stereocenters. The Bertz CT molecular complexity index is 269. The minimum absolute atomic E-state index is 0.487. The van der Waals surface area contributed by atoms with Gasteiger partial charge in [0, 0.05) is 6.04 Å². The normalized spacial score (nSPS) is 27.5. The summed E-state index contributed by atoms with van der Waals surface area (Å²) < 4.78 is 0. The van der Waals surface area contributed by atoms with Gasteiger partial charge in [0.15, 0.2) is 0 Å². The fourth-order valence-electron chi connectivity index (χ4n) is 4.04. The molecule has 1 N–H and O–H groups in total. The lowest BCUT2D eigenvalue weighted by Gasteiger charge is -2.45. The molecule has 0 aromatic rings. The van der Waals surface area contributed by atoms with Gasteiger partial charge in [-0.25, -0.2) is 0 Å². The fraction of sp³-hybridized carbons (Fsp3) is 0.895. The van der Waals surface area contributed by atoms with Gasteiger partial charge in [-0.1, -0.05) is 53.0 Å². The molecule has 0 amide bonds. The fourth-order valence-corrected chi connectivity index (χ4v) is 4.04. The predicted octanol–water partition coefficient (Wildman–Crippen LogP) is 5.56. The van der Waals surface area contributed by atoms with Crippen molar-refractivity contribution in [2.75, 3.05) is 6.54 Å². The smallest absolute Gasteiger partial charge is 0.0103 e. The maximum atomic E-state index is 3.81. The molecule has 0 aromatic carbocycles. The first kappa shape index (κ1) is 17.8. The topological polar surface area (TPSA) is 12.0 Å². The van der Waals surface area contributed by atoms with Crippen LogP contribution in [0.2, 0.25) is 0 Å². The molecule has 1 aliphatic rings. The SMILES string of the molecule is C=CCCCCCC(C)(C)C1CCC(C)CC1NCC. The number of unbranched alkanes of at least 4 members (excludes halogenated alkanes) is 3. The van der Waals surface area contributed by atoms with Crippen LogP contribution in [0.5, 0.6) is 0 Å². The van der Waals surface area contributed by atoms with E-state index in [1.54, 1.807) is 0 Å². The van der Waals surface area contributed by atoms with Crippen LogP contribution >= 0.6 is 0 Å². The average molecular weight is 280 g/mol. The first-order valence-electron chi connectivity index (χ1n) is 8.85. The summed E-state index contributed by atoms with van der Waals surface area (Å²) in [5.74, 6) is 1.76. The van der Waals surface area contributed by atoms with Crippen LogP contribution in [0.3, 0.4) is 0 Å². The van der Waals surface area contributed by atoms with Gasteiger partial charge in [0.2, 0.25) is 0 Å². The van der Waals surface area contributed by atoms with Crippen molar-refractivity contribution < 1.29 is 0 Å². The number of allylic oxidation sites excluding steroid dienone is 1. The lowest BCUT2D eigenvalue weighted by Crippen LogP contribution is -2.46. The number of nitrogens with one attached hydrogen (secondary N) is 1. The molecular formula is C19H37N. The molecule has 1 rings (SSSR count). The molecular weight excluding hydrogens is 242 g/mol. The molecule has 1 nitrogen and oxygen atoms in total. The molecule has 3 unspecified atom stereocenters. The zero-order chi connectivity index (χ0) is 15.0. The van der Waals surface area contributed by atoms with E-state index in [2.05, 4.69) is 45.7 Å². The zero-order valence-electron chi connectivity index (χ0n) is 14.4. The lowest BCUT2D eigenvalue weighted by atomic mass is 9.64. The third-order valence-electron chi connectivity index (χ3n) is 5.31. The summed E-state index contributed by atoms with van der Waals surface area (Å²) in [5.41, 5.74) is 0.487. The van der Waals surface area contributed by atoms with Crippen molar-refractivity contribution in [2.45, 2.75) is 85.1 Å². The molecule has 0 aromatic heterocycles. The second kappa shape index (κ2) is 8.87. The molecule has 0 heterocycles. The summed E-state index contributed by atoms with van der Waals surface area (Å²) in [7, 11) is 0. The first-order chi connectivity index (χ1) is 9.51. The van der Waals surface area contributed by atoms with Crippen LogP contribution in [-0.4, -0.2) is 12.6 Å². The third-order valence-corrected chi connectivity index (χ3v) is 5.31.